The molecule has 2 aromatic rings. The second-order valence-electron chi connectivity index (χ2n) is 5.32. The van der Waals surface area contributed by atoms with Crippen molar-refractivity contribution >= 4 is 40.3 Å². The van der Waals surface area contributed by atoms with Crippen molar-refractivity contribution in [3.8, 4) is 5.75 Å². The first-order valence-electron chi connectivity index (χ1n) is 7.26. The van der Waals surface area contributed by atoms with Gasteiger partial charge in [0.15, 0.2) is 5.17 Å². The number of rotatable bonds is 3. The molecule has 0 bridgehead atoms. The van der Waals surface area contributed by atoms with Gasteiger partial charge in [0.2, 0.25) is 0 Å². The fourth-order valence-corrected chi connectivity index (χ4v) is 3.00. The number of aliphatic imine (C=N–C) groups is 1. The van der Waals surface area contributed by atoms with E-state index in [1.807, 2.05) is 13.0 Å². The number of phenols is 1. The van der Waals surface area contributed by atoms with Crippen LogP contribution in [-0.4, -0.2) is 21.1 Å². The summed E-state index contributed by atoms with van der Waals surface area (Å²) in [4.78, 5) is 26.9. The molecule has 0 atom stereocenters. The van der Waals surface area contributed by atoms with Gasteiger partial charge in [0.25, 0.3) is 11.6 Å². The lowest BCUT2D eigenvalue weighted by Gasteiger charge is -2.01. The fourth-order valence-electron chi connectivity index (χ4n) is 2.16. The number of non-ortho nitro benzene ring substituents is 1. The molecule has 3 rings (SSSR count). The van der Waals surface area contributed by atoms with Gasteiger partial charge in [-0.05, 0) is 60.2 Å². The zero-order chi connectivity index (χ0) is 18.0. The average Bonchev–Trinajstić information content (AvgIpc) is 2.90. The molecule has 126 valence electrons. The van der Waals surface area contributed by atoms with Crippen molar-refractivity contribution in [3.63, 3.8) is 0 Å². The Kier molecular flexibility index (Phi) is 4.53. The van der Waals surface area contributed by atoms with Gasteiger partial charge in [0.1, 0.15) is 11.4 Å². The van der Waals surface area contributed by atoms with Crippen molar-refractivity contribution in [2.45, 2.75) is 6.92 Å². The van der Waals surface area contributed by atoms with Crippen LogP contribution >= 0.6 is 11.8 Å². The van der Waals surface area contributed by atoms with E-state index in [0.29, 0.717) is 21.3 Å². The Hall–Kier alpha value is -3.13. The van der Waals surface area contributed by atoms with Crippen molar-refractivity contribution in [3.05, 3.63) is 68.6 Å². The number of aryl methyl sites for hydroxylation is 1. The number of nitro benzene ring substituents is 1. The van der Waals surface area contributed by atoms with Gasteiger partial charge in [-0.1, -0.05) is 6.07 Å². The molecular weight excluding hydrogens is 342 g/mol. The number of carbonyl (C=O) groups excluding carboxylic acids is 1. The van der Waals surface area contributed by atoms with Crippen LogP contribution < -0.4 is 5.32 Å². The summed E-state index contributed by atoms with van der Waals surface area (Å²) in [6.45, 7) is 1.85. The van der Waals surface area contributed by atoms with Crippen molar-refractivity contribution in [2.75, 3.05) is 0 Å². The number of thioether (sulfide) groups is 1. The van der Waals surface area contributed by atoms with Gasteiger partial charge < -0.3 is 10.4 Å². The number of nitrogens with zero attached hydrogens (tertiary/aromatic N) is 2. The lowest BCUT2D eigenvalue weighted by molar-refractivity contribution is -0.384. The van der Waals surface area contributed by atoms with Crippen LogP contribution in [-0.2, 0) is 4.79 Å². The average molecular weight is 355 g/mol. The lowest BCUT2D eigenvalue weighted by Crippen LogP contribution is -2.19. The number of hydrogen-bond acceptors (Lipinski definition) is 6. The Bertz CT molecular complexity index is 920. The minimum absolute atomic E-state index is 0.0113. The van der Waals surface area contributed by atoms with Crippen molar-refractivity contribution < 1.29 is 14.8 Å². The minimum Gasteiger partial charge on any atom is -0.506 e. The Balaban J connectivity index is 1.82. The monoisotopic (exact) mass is 355 g/mol. The molecular formula is C17H13N3O4S. The van der Waals surface area contributed by atoms with Gasteiger partial charge in [-0.3, -0.25) is 14.9 Å². The minimum atomic E-state index is -0.479. The Morgan fingerprint density at radius 2 is 1.96 bits per heavy atom. The van der Waals surface area contributed by atoms with Crippen LogP contribution in [0.25, 0.3) is 6.08 Å². The smallest absolute Gasteiger partial charge is 0.269 e. The van der Waals surface area contributed by atoms with Crippen LogP contribution in [0, 0.1) is 17.0 Å². The van der Waals surface area contributed by atoms with Gasteiger partial charge in [-0.15, -0.1) is 0 Å². The third-order valence-corrected chi connectivity index (χ3v) is 4.32. The highest BCUT2D eigenvalue weighted by Crippen LogP contribution is 2.32. The molecule has 0 aliphatic carbocycles. The summed E-state index contributed by atoms with van der Waals surface area (Å²) in [5.74, 6) is -0.274. The highest BCUT2D eigenvalue weighted by molar-refractivity contribution is 8.18. The summed E-state index contributed by atoms with van der Waals surface area (Å²) in [5.41, 5.74) is 1.93. The molecule has 2 N–H and O–H groups in total. The van der Waals surface area contributed by atoms with Crippen LogP contribution in [0.5, 0.6) is 5.75 Å². The van der Waals surface area contributed by atoms with Gasteiger partial charge in [-0.2, -0.15) is 0 Å². The van der Waals surface area contributed by atoms with Crippen LogP contribution in [0.2, 0.25) is 0 Å². The first-order chi connectivity index (χ1) is 11.9. The summed E-state index contributed by atoms with van der Waals surface area (Å²) >= 11 is 1.14. The van der Waals surface area contributed by atoms with Gasteiger partial charge >= 0.3 is 0 Å². The predicted molar refractivity (Wildman–Crippen MR) is 96.7 cm³/mol. The van der Waals surface area contributed by atoms with E-state index in [2.05, 4.69) is 10.3 Å². The SMILES string of the molecule is Cc1ccc(N=C2NC(=O)/C(=C/c3ccc([N+](=O)[O-])cc3)S2)c(O)c1. The Labute approximate surface area is 147 Å². The Morgan fingerprint density at radius 1 is 1.24 bits per heavy atom. The zero-order valence-corrected chi connectivity index (χ0v) is 13.9. The van der Waals surface area contributed by atoms with E-state index in [9.17, 15) is 20.0 Å². The molecule has 0 unspecified atom stereocenters. The molecule has 0 spiro atoms. The van der Waals surface area contributed by atoms with E-state index in [4.69, 9.17) is 0 Å². The van der Waals surface area contributed by atoms with Crippen molar-refractivity contribution in [1.82, 2.24) is 5.32 Å². The molecule has 0 saturated carbocycles. The topological polar surface area (TPSA) is 105 Å². The maximum Gasteiger partial charge on any atom is 0.269 e. The van der Waals surface area contributed by atoms with Gasteiger partial charge in [0.05, 0.1) is 9.83 Å². The zero-order valence-electron chi connectivity index (χ0n) is 13.1. The molecule has 2 aromatic carbocycles. The van der Waals surface area contributed by atoms with Crippen LogP contribution in [0.4, 0.5) is 11.4 Å². The van der Waals surface area contributed by atoms with Gasteiger partial charge in [-0.25, -0.2) is 4.99 Å². The molecule has 0 radical (unpaired) electrons. The van der Waals surface area contributed by atoms with E-state index in [1.54, 1.807) is 30.3 Å². The molecule has 25 heavy (non-hydrogen) atoms. The maximum atomic E-state index is 12.0. The molecule has 8 heteroatoms. The summed E-state index contributed by atoms with van der Waals surface area (Å²) in [6.07, 6.45) is 1.63. The number of benzene rings is 2. The number of hydrogen-bond donors (Lipinski definition) is 2. The number of nitrogens with one attached hydrogen (secondary N) is 1. The highest BCUT2D eigenvalue weighted by Gasteiger charge is 2.24. The van der Waals surface area contributed by atoms with Crippen LogP contribution in [0.1, 0.15) is 11.1 Å². The van der Waals surface area contributed by atoms with E-state index < -0.39 is 4.92 Å². The quantitative estimate of drug-likeness (QED) is 0.498. The third kappa shape index (κ3) is 3.86. The number of amides is 1. The van der Waals surface area contributed by atoms with Crippen molar-refractivity contribution in [1.29, 1.82) is 0 Å². The van der Waals surface area contributed by atoms with Gasteiger partial charge in [0, 0.05) is 12.1 Å². The van der Waals surface area contributed by atoms with E-state index >= 15 is 0 Å². The number of carbonyl (C=O) groups is 1. The molecule has 7 nitrogen and oxygen atoms in total. The highest BCUT2D eigenvalue weighted by atomic mass is 32.2. The second-order valence-corrected chi connectivity index (χ2v) is 6.35. The number of aromatic hydroxyl groups is 1. The third-order valence-electron chi connectivity index (χ3n) is 3.41. The van der Waals surface area contributed by atoms with Crippen LogP contribution in [0.3, 0.4) is 0 Å². The first kappa shape index (κ1) is 16.7. The Morgan fingerprint density at radius 3 is 2.60 bits per heavy atom. The molecule has 1 fully saturated rings. The summed E-state index contributed by atoms with van der Waals surface area (Å²) in [6, 6.07) is 11.0. The molecule has 1 aliphatic heterocycles. The predicted octanol–water partition coefficient (Wildman–Crippen LogP) is 3.50. The molecule has 0 aromatic heterocycles. The summed E-state index contributed by atoms with van der Waals surface area (Å²) in [7, 11) is 0. The fraction of sp³-hybridized carbons (Fsp3) is 0.0588. The van der Waals surface area contributed by atoms with E-state index in [1.165, 1.54) is 12.1 Å². The summed E-state index contributed by atoms with van der Waals surface area (Å²) in [5, 5.41) is 23.5. The normalized spacial score (nSPS) is 17.1. The molecule has 1 heterocycles. The number of phenolic OH excluding ortho intramolecular Hbond substituents is 1. The maximum absolute atomic E-state index is 12.0. The largest absolute Gasteiger partial charge is 0.506 e. The molecule has 1 saturated heterocycles. The number of amidine groups is 1. The van der Waals surface area contributed by atoms with Crippen molar-refractivity contribution in [2.24, 2.45) is 4.99 Å². The first-order valence-corrected chi connectivity index (χ1v) is 8.08. The molecule has 1 amide bonds. The summed E-state index contributed by atoms with van der Waals surface area (Å²) < 4.78 is 0. The van der Waals surface area contributed by atoms with Crippen LogP contribution in [0.15, 0.2) is 52.4 Å². The number of nitro groups is 1. The second kappa shape index (κ2) is 6.78. The van der Waals surface area contributed by atoms with E-state index in [0.717, 1.165) is 17.3 Å². The molecule has 1 aliphatic rings. The standard InChI is InChI=1S/C17H13N3O4S/c1-10-2-7-13(14(21)8-10)18-17-19-16(22)15(25-17)9-11-3-5-12(6-4-11)20(23)24/h2-9,21H,1H3,(H,18,19,22)/b15-9-. The lowest BCUT2D eigenvalue weighted by atomic mass is 10.2. The van der Waals surface area contributed by atoms with E-state index in [-0.39, 0.29) is 17.3 Å².